The highest BCUT2D eigenvalue weighted by Crippen LogP contribution is 2.26. The Kier molecular flexibility index (Phi) is 8.21. The Labute approximate surface area is 134 Å². The molecule has 0 heterocycles. The third-order valence-corrected chi connectivity index (χ3v) is 3.38. The summed E-state index contributed by atoms with van der Waals surface area (Å²) in [5, 5.41) is 13.4. The first kappa shape index (κ1) is 18.2. The van der Waals surface area contributed by atoms with Crippen LogP contribution >= 0.6 is 11.8 Å². The molecule has 0 saturated carbocycles. The van der Waals surface area contributed by atoms with E-state index in [1.54, 1.807) is 24.3 Å². The minimum Gasteiger partial charge on any atom is -0.548 e. The highest BCUT2D eigenvalue weighted by Gasteiger charge is 2.14. The highest BCUT2D eigenvalue weighted by atomic mass is 32.2. The van der Waals surface area contributed by atoms with Gasteiger partial charge in [0.1, 0.15) is 0 Å². The van der Waals surface area contributed by atoms with Crippen LogP contribution in [-0.2, 0) is 9.59 Å². The summed E-state index contributed by atoms with van der Waals surface area (Å²) in [7, 11) is 0. The van der Waals surface area contributed by atoms with Crippen molar-refractivity contribution in [3.05, 3.63) is 24.3 Å². The van der Waals surface area contributed by atoms with Gasteiger partial charge in [0.05, 0.1) is 18.6 Å². The number of benzene rings is 1. The van der Waals surface area contributed by atoms with Gasteiger partial charge in [-0.1, -0.05) is 12.1 Å². The molecule has 1 aromatic carbocycles. The number of carbonyl (C=O) groups is 2. The number of hydrogen-bond acceptors (Lipinski definition) is 6. The summed E-state index contributed by atoms with van der Waals surface area (Å²) in [6.45, 7) is 2.04. The van der Waals surface area contributed by atoms with Crippen LogP contribution < -0.4 is 19.9 Å². The van der Waals surface area contributed by atoms with Crippen molar-refractivity contribution in [3.8, 4) is 11.5 Å². The second kappa shape index (κ2) is 9.94. The van der Waals surface area contributed by atoms with E-state index in [-0.39, 0.29) is 6.61 Å². The van der Waals surface area contributed by atoms with Gasteiger partial charge < -0.3 is 24.7 Å². The van der Waals surface area contributed by atoms with Crippen LogP contribution in [0.5, 0.6) is 11.5 Å². The number of nitrogens with one attached hydrogen (secondary N) is 1. The topological polar surface area (TPSA) is 87.7 Å². The molecule has 22 heavy (non-hydrogen) atoms. The fourth-order valence-corrected chi connectivity index (χ4v) is 2.18. The molecule has 1 atom stereocenters. The van der Waals surface area contributed by atoms with Gasteiger partial charge in [0, 0.05) is 0 Å². The van der Waals surface area contributed by atoms with Crippen LogP contribution in [0.15, 0.2) is 24.3 Å². The van der Waals surface area contributed by atoms with Crippen LogP contribution in [0.25, 0.3) is 0 Å². The van der Waals surface area contributed by atoms with Gasteiger partial charge in [-0.3, -0.25) is 4.79 Å². The number of aliphatic carboxylic acids is 1. The standard InChI is InChI=1S/C15H21NO5S/c1-3-20-12-6-4-5-7-13(12)21-10-14(17)16-11(15(18)19)8-9-22-2/h4-7,11H,3,8-10H2,1-2H3,(H,16,17)(H,18,19)/p-1/t11-/m0/s1. The summed E-state index contributed by atoms with van der Waals surface area (Å²) in [4.78, 5) is 22.7. The maximum absolute atomic E-state index is 11.8. The number of thioether (sulfide) groups is 1. The Morgan fingerprint density at radius 2 is 1.91 bits per heavy atom. The molecule has 0 saturated heterocycles. The van der Waals surface area contributed by atoms with Crippen molar-refractivity contribution in [3.63, 3.8) is 0 Å². The van der Waals surface area contributed by atoms with Gasteiger partial charge in [0.15, 0.2) is 18.1 Å². The minimum atomic E-state index is -1.29. The van der Waals surface area contributed by atoms with E-state index in [9.17, 15) is 14.7 Å². The van der Waals surface area contributed by atoms with Crippen LogP contribution in [0.3, 0.4) is 0 Å². The molecule has 0 fully saturated rings. The van der Waals surface area contributed by atoms with E-state index >= 15 is 0 Å². The van der Waals surface area contributed by atoms with Crippen LogP contribution in [0.4, 0.5) is 0 Å². The van der Waals surface area contributed by atoms with E-state index in [1.807, 2.05) is 13.2 Å². The molecule has 0 spiro atoms. The van der Waals surface area contributed by atoms with E-state index in [2.05, 4.69) is 5.32 Å². The van der Waals surface area contributed by atoms with E-state index in [1.165, 1.54) is 11.8 Å². The summed E-state index contributed by atoms with van der Waals surface area (Å²) in [5.41, 5.74) is 0. The molecule has 0 aliphatic carbocycles. The number of amides is 1. The molecule has 0 bridgehead atoms. The summed E-state index contributed by atoms with van der Waals surface area (Å²) < 4.78 is 10.8. The number of ether oxygens (including phenoxy) is 2. The predicted octanol–water partition coefficient (Wildman–Crippen LogP) is 0.452. The summed E-state index contributed by atoms with van der Waals surface area (Å²) in [5.74, 6) is -0.212. The highest BCUT2D eigenvalue weighted by molar-refractivity contribution is 7.98. The SMILES string of the molecule is CCOc1ccccc1OCC(=O)N[C@@H](CCSC)C(=O)[O-]. The number of carboxylic acid groups (broad SMARTS) is 1. The van der Waals surface area contributed by atoms with Crippen molar-refractivity contribution >= 4 is 23.6 Å². The molecule has 1 N–H and O–H groups in total. The number of rotatable bonds is 10. The number of hydrogen-bond donors (Lipinski definition) is 1. The lowest BCUT2D eigenvalue weighted by molar-refractivity contribution is -0.308. The molecule has 1 amide bonds. The Bertz CT molecular complexity index is 495. The second-order valence-electron chi connectivity index (χ2n) is 4.39. The largest absolute Gasteiger partial charge is 0.548 e. The Hall–Kier alpha value is -1.89. The van der Waals surface area contributed by atoms with Crippen LogP contribution in [0.1, 0.15) is 13.3 Å². The average Bonchev–Trinajstić information content (AvgIpc) is 2.50. The van der Waals surface area contributed by atoms with E-state index in [0.717, 1.165) is 0 Å². The molecule has 0 aromatic heterocycles. The number of para-hydroxylation sites is 2. The number of carboxylic acids is 1. The zero-order valence-corrected chi connectivity index (χ0v) is 13.5. The molecule has 0 aliphatic heterocycles. The summed E-state index contributed by atoms with van der Waals surface area (Å²) >= 11 is 1.50. The molecular weight excluding hydrogens is 306 g/mol. The predicted molar refractivity (Wildman–Crippen MR) is 83.0 cm³/mol. The fraction of sp³-hybridized carbons (Fsp3) is 0.467. The van der Waals surface area contributed by atoms with Crippen molar-refractivity contribution in [1.82, 2.24) is 5.32 Å². The van der Waals surface area contributed by atoms with Crippen molar-refractivity contribution in [2.45, 2.75) is 19.4 Å². The first-order valence-electron chi connectivity index (χ1n) is 6.92. The normalized spacial score (nSPS) is 11.5. The van der Waals surface area contributed by atoms with Gasteiger partial charge in [0.25, 0.3) is 5.91 Å². The van der Waals surface area contributed by atoms with Crippen molar-refractivity contribution < 1.29 is 24.2 Å². The average molecular weight is 326 g/mol. The zero-order valence-electron chi connectivity index (χ0n) is 12.7. The maximum Gasteiger partial charge on any atom is 0.258 e. The van der Waals surface area contributed by atoms with Crippen LogP contribution in [-0.4, -0.2) is 43.1 Å². The van der Waals surface area contributed by atoms with Gasteiger partial charge in [0.2, 0.25) is 0 Å². The molecular formula is C15H20NO5S-. The number of carbonyl (C=O) groups excluding carboxylic acids is 2. The minimum absolute atomic E-state index is 0.285. The molecule has 1 aromatic rings. The second-order valence-corrected chi connectivity index (χ2v) is 5.37. The third-order valence-electron chi connectivity index (χ3n) is 2.74. The van der Waals surface area contributed by atoms with Crippen molar-refractivity contribution in [2.75, 3.05) is 25.2 Å². The Morgan fingerprint density at radius 1 is 1.27 bits per heavy atom. The summed E-state index contributed by atoms with van der Waals surface area (Å²) in [6, 6.07) is 5.97. The quantitative estimate of drug-likeness (QED) is 0.672. The lowest BCUT2D eigenvalue weighted by Gasteiger charge is -2.19. The van der Waals surface area contributed by atoms with E-state index in [0.29, 0.717) is 30.3 Å². The maximum atomic E-state index is 11.8. The lowest BCUT2D eigenvalue weighted by atomic mass is 10.2. The molecule has 6 nitrogen and oxygen atoms in total. The van der Waals surface area contributed by atoms with E-state index in [4.69, 9.17) is 9.47 Å². The van der Waals surface area contributed by atoms with Crippen molar-refractivity contribution in [1.29, 1.82) is 0 Å². The molecule has 7 heteroatoms. The van der Waals surface area contributed by atoms with Gasteiger partial charge in [-0.2, -0.15) is 11.8 Å². The molecule has 0 unspecified atom stereocenters. The monoisotopic (exact) mass is 326 g/mol. The molecule has 1 rings (SSSR count). The first-order valence-corrected chi connectivity index (χ1v) is 8.31. The Morgan fingerprint density at radius 3 is 2.45 bits per heavy atom. The van der Waals surface area contributed by atoms with Crippen LogP contribution in [0.2, 0.25) is 0 Å². The van der Waals surface area contributed by atoms with Gasteiger partial charge in [-0.05, 0) is 37.5 Å². The van der Waals surface area contributed by atoms with Crippen molar-refractivity contribution in [2.24, 2.45) is 0 Å². The molecule has 0 aliphatic rings. The third kappa shape index (κ3) is 6.26. The fourth-order valence-electron chi connectivity index (χ4n) is 1.71. The zero-order chi connectivity index (χ0) is 16.4. The molecule has 122 valence electrons. The Balaban J connectivity index is 2.53. The van der Waals surface area contributed by atoms with Gasteiger partial charge in [-0.15, -0.1) is 0 Å². The smallest absolute Gasteiger partial charge is 0.258 e. The van der Waals surface area contributed by atoms with Gasteiger partial charge >= 0.3 is 0 Å². The van der Waals surface area contributed by atoms with Crippen LogP contribution in [0, 0.1) is 0 Å². The molecule has 0 radical (unpaired) electrons. The van der Waals surface area contributed by atoms with Gasteiger partial charge in [-0.25, -0.2) is 0 Å². The first-order chi connectivity index (χ1) is 10.6. The lowest BCUT2D eigenvalue weighted by Crippen LogP contribution is -2.49. The van der Waals surface area contributed by atoms with E-state index < -0.39 is 17.9 Å². The summed E-state index contributed by atoms with van der Waals surface area (Å²) in [6.07, 6.45) is 2.17.